The lowest BCUT2D eigenvalue weighted by atomic mass is 10.2. The van der Waals surface area contributed by atoms with Crippen molar-refractivity contribution < 1.29 is 8.42 Å². The second-order valence-electron chi connectivity index (χ2n) is 4.22. The van der Waals surface area contributed by atoms with Gasteiger partial charge >= 0.3 is 0 Å². The molecule has 0 spiro atoms. The van der Waals surface area contributed by atoms with Crippen molar-refractivity contribution in [2.75, 3.05) is 0 Å². The summed E-state index contributed by atoms with van der Waals surface area (Å²) in [7, 11) is -3.60. The van der Waals surface area contributed by atoms with Gasteiger partial charge in [-0.15, -0.1) is 0 Å². The van der Waals surface area contributed by atoms with Crippen molar-refractivity contribution in [1.82, 2.24) is 13.9 Å². The maximum atomic E-state index is 12.5. The fourth-order valence-corrected chi connectivity index (χ4v) is 3.21. The molecule has 3 rings (SSSR count). The molecule has 0 amide bonds. The van der Waals surface area contributed by atoms with Crippen LogP contribution in [0.15, 0.2) is 53.9 Å². The molecule has 6 heteroatoms. The number of benzene rings is 1. The Morgan fingerprint density at radius 3 is 2.58 bits per heavy atom. The van der Waals surface area contributed by atoms with E-state index < -0.39 is 10.0 Å². The molecule has 0 fully saturated rings. The minimum atomic E-state index is -3.60. The number of nitrogens with zero attached hydrogens (tertiary/aromatic N) is 3. The largest absolute Gasteiger partial charge is 0.268 e. The molecule has 0 aliphatic carbocycles. The van der Waals surface area contributed by atoms with Crippen molar-refractivity contribution in [2.24, 2.45) is 0 Å². The van der Waals surface area contributed by atoms with E-state index in [0.29, 0.717) is 11.0 Å². The van der Waals surface area contributed by atoms with E-state index in [1.807, 2.05) is 6.92 Å². The summed E-state index contributed by atoms with van der Waals surface area (Å²) >= 11 is 0. The Labute approximate surface area is 110 Å². The molecule has 0 aliphatic heterocycles. The molecule has 2 aromatic heterocycles. The van der Waals surface area contributed by atoms with Gasteiger partial charge in [-0.1, -0.05) is 17.7 Å². The Kier molecular flexibility index (Phi) is 2.60. The van der Waals surface area contributed by atoms with Gasteiger partial charge in [-0.3, -0.25) is 0 Å². The number of hydrogen-bond donors (Lipinski definition) is 0. The van der Waals surface area contributed by atoms with Crippen molar-refractivity contribution in [3.8, 4) is 0 Å². The van der Waals surface area contributed by atoms with Gasteiger partial charge in [0.1, 0.15) is 11.8 Å². The van der Waals surface area contributed by atoms with E-state index in [0.717, 1.165) is 5.56 Å². The van der Waals surface area contributed by atoms with Crippen LogP contribution >= 0.6 is 0 Å². The van der Waals surface area contributed by atoms with Gasteiger partial charge < -0.3 is 0 Å². The molecule has 0 N–H and O–H groups in total. The van der Waals surface area contributed by atoms with E-state index in [9.17, 15) is 8.42 Å². The highest BCUT2D eigenvalue weighted by Crippen LogP contribution is 2.20. The maximum absolute atomic E-state index is 12.5. The van der Waals surface area contributed by atoms with Gasteiger partial charge in [0.25, 0.3) is 10.0 Å². The first-order chi connectivity index (χ1) is 9.09. The van der Waals surface area contributed by atoms with Crippen LogP contribution in [0.4, 0.5) is 0 Å². The topological polar surface area (TPSA) is 64.8 Å². The molecule has 0 radical (unpaired) electrons. The quantitative estimate of drug-likeness (QED) is 0.716. The third-order valence-electron chi connectivity index (χ3n) is 2.91. The van der Waals surface area contributed by atoms with Gasteiger partial charge in [0, 0.05) is 6.20 Å². The molecule has 2 heterocycles. The van der Waals surface area contributed by atoms with Crippen LogP contribution in [0.1, 0.15) is 5.56 Å². The van der Waals surface area contributed by atoms with E-state index in [1.165, 1.54) is 22.7 Å². The summed E-state index contributed by atoms with van der Waals surface area (Å²) in [6, 6.07) is 8.40. The third-order valence-corrected chi connectivity index (χ3v) is 4.61. The van der Waals surface area contributed by atoms with Crippen LogP contribution in [0.5, 0.6) is 0 Å². The van der Waals surface area contributed by atoms with Crippen LogP contribution in [0.2, 0.25) is 0 Å². The van der Waals surface area contributed by atoms with Gasteiger partial charge in [-0.2, -0.15) is 0 Å². The van der Waals surface area contributed by atoms with Gasteiger partial charge in [-0.25, -0.2) is 22.4 Å². The molecule has 0 aliphatic rings. The molecule has 96 valence electrons. The molecule has 0 atom stereocenters. The van der Waals surface area contributed by atoms with E-state index >= 15 is 0 Å². The monoisotopic (exact) mass is 273 g/mol. The minimum Gasteiger partial charge on any atom is -0.243 e. The fourth-order valence-electron chi connectivity index (χ4n) is 1.88. The van der Waals surface area contributed by atoms with E-state index in [1.54, 1.807) is 30.3 Å². The van der Waals surface area contributed by atoms with Crippen molar-refractivity contribution >= 4 is 21.1 Å². The number of aromatic nitrogens is 3. The zero-order valence-corrected chi connectivity index (χ0v) is 11.0. The lowest BCUT2D eigenvalue weighted by molar-refractivity contribution is 0.589. The molecule has 1 aromatic carbocycles. The zero-order valence-electron chi connectivity index (χ0n) is 10.2. The van der Waals surface area contributed by atoms with Crippen molar-refractivity contribution in [3.63, 3.8) is 0 Å². The van der Waals surface area contributed by atoms with Crippen LogP contribution in [0.3, 0.4) is 0 Å². The summed E-state index contributed by atoms with van der Waals surface area (Å²) in [6.07, 6.45) is 4.38. The Balaban J connectivity index is 2.22. The van der Waals surface area contributed by atoms with E-state index in [4.69, 9.17) is 0 Å². The molecule has 0 saturated carbocycles. The lowest BCUT2D eigenvalue weighted by Gasteiger charge is -2.07. The van der Waals surface area contributed by atoms with Gasteiger partial charge in [0.2, 0.25) is 0 Å². The van der Waals surface area contributed by atoms with Crippen LogP contribution in [0, 0.1) is 6.92 Å². The SMILES string of the molecule is Cc1ccc(S(=O)(=O)n2ccc3ncncc32)cc1. The standard InChI is InChI=1S/C13H11N3O2S/c1-10-2-4-11(5-3-10)19(17,18)16-7-6-12-13(16)8-14-9-15-12/h2-9H,1H3. The molecule has 5 nitrogen and oxygen atoms in total. The van der Waals surface area contributed by atoms with E-state index in [2.05, 4.69) is 9.97 Å². The number of aryl methyl sites for hydroxylation is 1. The van der Waals surface area contributed by atoms with Crippen LogP contribution < -0.4 is 0 Å². The Bertz CT molecular complexity index is 836. The van der Waals surface area contributed by atoms with Crippen molar-refractivity contribution in [3.05, 3.63) is 54.6 Å². The molecular formula is C13H11N3O2S. The van der Waals surface area contributed by atoms with Crippen molar-refractivity contribution in [1.29, 1.82) is 0 Å². The Hall–Kier alpha value is -2.21. The zero-order chi connectivity index (χ0) is 13.5. The average Bonchev–Trinajstić information content (AvgIpc) is 2.83. The summed E-state index contributed by atoms with van der Waals surface area (Å²) in [5.41, 5.74) is 2.09. The highest BCUT2D eigenvalue weighted by atomic mass is 32.2. The molecule has 19 heavy (non-hydrogen) atoms. The highest BCUT2D eigenvalue weighted by molar-refractivity contribution is 7.90. The molecule has 0 saturated heterocycles. The summed E-state index contributed by atoms with van der Waals surface area (Å²) < 4.78 is 26.3. The lowest BCUT2D eigenvalue weighted by Crippen LogP contribution is -2.11. The summed E-state index contributed by atoms with van der Waals surface area (Å²) in [4.78, 5) is 8.15. The second-order valence-corrected chi connectivity index (χ2v) is 6.04. The maximum Gasteiger partial charge on any atom is 0.268 e. The fraction of sp³-hybridized carbons (Fsp3) is 0.0769. The minimum absolute atomic E-state index is 0.249. The van der Waals surface area contributed by atoms with Gasteiger partial charge in [-0.05, 0) is 25.1 Å². The average molecular weight is 273 g/mol. The Morgan fingerprint density at radius 2 is 1.84 bits per heavy atom. The van der Waals surface area contributed by atoms with Crippen LogP contribution in [-0.2, 0) is 10.0 Å². The van der Waals surface area contributed by atoms with Gasteiger partial charge in [0.15, 0.2) is 0 Å². The smallest absolute Gasteiger partial charge is 0.243 e. The van der Waals surface area contributed by atoms with Crippen LogP contribution in [0.25, 0.3) is 11.0 Å². The predicted molar refractivity (Wildman–Crippen MR) is 71.3 cm³/mol. The summed E-state index contributed by atoms with van der Waals surface area (Å²) in [5, 5.41) is 0. The first-order valence-electron chi connectivity index (χ1n) is 5.68. The highest BCUT2D eigenvalue weighted by Gasteiger charge is 2.18. The first kappa shape index (κ1) is 11.9. The number of fused-ring (bicyclic) bond motifs is 1. The van der Waals surface area contributed by atoms with Gasteiger partial charge in [0.05, 0.1) is 16.6 Å². The molecular weight excluding hydrogens is 262 g/mol. The summed E-state index contributed by atoms with van der Waals surface area (Å²) in [6.45, 7) is 1.91. The normalized spacial score (nSPS) is 11.8. The number of hydrogen-bond acceptors (Lipinski definition) is 4. The molecule has 0 unspecified atom stereocenters. The Morgan fingerprint density at radius 1 is 1.11 bits per heavy atom. The van der Waals surface area contributed by atoms with Crippen molar-refractivity contribution in [2.45, 2.75) is 11.8 Å². The molecule has 0 bridgehead atoms. The number of rotatable bonds is 2. The summed E-state index contributed by atoms with van der Waals surface area (Å²) in [5.74, 6) is 0. The third kappa shape index (κ3) is 1.90. The van der Waals surface area contributed by atoms with E-state index in [-0.39, 0.29) is 4.90 Å². The first-order valence-corrected chi connectivity index (χ1v) is 7.12. The molecule has 3 aromatic rings. The van der Waals surface area contributed by atoms with Crippen LogP contribution in [-0.4, -0.2) is 22.4 Å². The predicted octanol–water partition coefficient (Wildman–Crippen LogP) is 1.98. The second kappa shape index (κ2) is 4.17.